The average Bonchev–Trinajstić information content (AvgIpc) is 2.33. The van der Waals surface area contributed by atoms with Crippen molar-refractivity contribution in [3.8, 4) is 0 Å². The van der Waals surface area contributed by atoms with Gasteiger partial charge < -0.3 is 10.2 Å². The molecule has 1 radical (unpaired) electrons. The van der Waals surface area contributed by atoms with Gasteiger partial charge in [0.1, 0.15) is 9.75 Å². The van der Waals surface area contributed by atoms with Gasteiger partial charge in [-0.15, -0.1) is 11.3 Å². The molecule has 0 saturated heterocycles. The van der Waals surface area contributed by atoms with Crippen molar-refractivity contribution in [3.05, 3.63) is 21.9 Å². The zero-order valence-corrected chi connectivity index (χ0v) is 6.01. The van der Waals surface area contributed by atoms with Crippen molar-refractivity contribution in [1.29, 1.82) is 0 Å². The van der Waals surface area contributed by atoms with Crippen LogP contribution in [0.1, 0.15) is 19.3 Å². The summed E-state index contributed by atoms with van der Waals surface area (Å²) in [6.07, 6.45) is 0. The molecule has 0 unspecified atom stereocenters. The standard InChI is InChI=1S/C6H3O4S.Li.H/c7-5(8)3-1-2-4(11-3)6(9)10;;/h1H,(H,7,8)(H,9,10);;. The molecule has 6 heteroatoms. The van der Waals surface area contributed by atoms with E-state index in [0.717, 1.165) is 6.07 Å². The van der Waals surface area contributed by atoms with Gasteiger partial charge in [0.15, 0.2) is 0 Å². The summed E-state index contributed by atoms with van der Waals surface area (Å²) in [5, 5.41) is 16.7. The summed E-state index contributed by atoms with van der Waals surface area (Å²) in [4.78, 5) is 20.4. The van der Waals surface area contributed by atoms with Crippen molar-refractivity contribution >= 4 is 42.1 Å². The number of hydrogen-bond donors (Lipinski definition) is 2. The fraction of sp³-hybridized carbons (Fsp3) is 0. The van der Waals surface area contributed by atoms with Crippen molar-refractivity contribution in [1.82, 2.24) is 0 Å². The normalized spacial score (nSPS) is 8.67. The molecule has 0 saturated carbocycles. The van der Waals surface area contributed by atoms with Gasteiger partial charge in [0.05, 0.1) is 0 Å². The molecule has 1 aromatic rings. The molecular weight excluding hydrogens is 175 g/mol. The van der Waals surface area contributed by atoms with Crippen LogP contribution in [0.5, 0.6) is 0 Å². The van der Waals surface area contributed by atoms with E-state index in [1.165, 1.54) is 0 Å². The molecule has 1 heterocycles. The molecule has 0 aliphatic heterocycles. The third-order valence-corrected chi connectivity index (χ3v) is 1.96. The summed E-state index contributed by atoms with van der Waals surface area (Å²) in [7, 11) is 0. The molecule has 0 aromatic carbocycles. The topological polar surface area (TPSA) is 74.6 Å². The molecule has 2 N–H and O–H groups in total. The Labute approximate surface area is 84.0 Å². The second-order valence-corrected chi connectivity index (χ2v) is 2.75. The van der Waals surface area contributed by atoms with Gasteiger partial charge in [-0.1, -0.05) is 0 Å². The minimum atomic E-state index is -1.15. The summed E-state index contributed by atoms with van der Waals surface area (Å²) < 4.78 is 0. The van der Waals surface area contributed by atoms with Crippen LogP contribution in [-0.2, 0) is 0 Å². The van der Waals surface area contributed by atoms with Crippen LogP contribution in [0.15, 0.2) is 6.07 Å². The molecule has 4 nitrogen and oxygen atoms in total. The van der Waals surface area contributed by atoms with Crippen LogP contribution in [0.2, 0.25) is 0 Å². The van der Waals surface area contributed by atoms with Crippen LogP contribution in [0, 0.1) is 6.07 Å². The van der Waals surface area contributed by atoms with E-state index in [2.05, 4.69) is 6.07 Å². The second kappa shape index (κ2) is 4.31. The number of carboxylic acids is 2. The molecule has 0 aliphatic carbocycles. The van der Waals surface area contributed by atoms with Crippen molar-refractivity contribution in [2.75, 3.05) is 0 Å². The number of rotatable bonds is 2. The molecule has 0 bridgehead atoms. The van der Waals surface area contributed by atoms with Crippen molar-refractivity contribution in [2.24, 2.45) is 0 Å². The quantitative estimate of drug-likeness (QED) is 0.640. The predicted molar refractivity (Wildman–Crippen MR) is 44.2 cm³/mol. The van der Waals surface area contributed by atoms with Gasteiger partial charge in [0.2, 0.25) is 0 Å². The second-order valence-electron chi connectivity index (χ2n) is 1.69. The molecule has 1 rings (SSSR count). The van der Waals surface area contributed by atoms with Crippen molar-refractivity contribution in [2.45, 2.75) is 0 Å². The Bertz CT molecular complexity index is 278. The summed E-state index contributed by atoms with van der Waals surface area (Å²) in [5.74, 6) is -2.28. The number of hydrogen-bond acceptors (Lipinski definition) is 3. The first kappa shape index (κ1) is 11.2. The van der Waals surface area contributed by atoms with E-state index in [-0.39, 0.29) is 28.6 Å². The molecule has 1 aromatic heterocycles. The summed E-state index contributed by atoms with van der Waals surface area (Å²) in [5.41, 5.74) is 0. The molecule has 0 amide bonds. The fourth-order valence-electron chi connectivity index (χ4n) is 0.511. The molecule has 59 valence electrons. The summed E-state index contributed by atoms with van der Waals surface area (Å²) in [6, 6.07) is 3.47. The Hall–Kier alpha value is -0.763. The van der Waals surface area contributed by atoms with Crippen LogP contribution < -0.4 is 0 Å². The fourth-order valence-corrected chi connectivity index (χ4v) is 1.14. The van der Waals surface area contributed by atoms with Crippen LogP contribution in [0.3, 0.4) is 0 Å². The van der Waals surface area contributed by atoms with Crippen molar-refractivity contribution in [3.63, 3.8) is 0 Å². The van der Waals surface area contributed by atoms with E-state index >= 15 is 0 Å². The van der Waals surface area contributed by atoms with Gasteiger partial charge in [-0.05, 0) is 6.07 Å². The molecular formula is C6H4LiO4S. The van der Waals surface area contributed by atoms with E-state index in [4.69, 9.17) is 10.2 Å². The van der Waals surface area contributed by atoms with E-state index in [1.807, 2.05) is 0 Å². The van der Waals surface area contributed by atoms with Crippen molar-refractivity contribution < 1.29 is 19.8 Å². The Balaban J connectivity index is 0.00000121. The van der Waals surface area contributed by atoms with Crippen LogP contribution in [0.25, 0.3) is 0 Å². The van der Waals surface area contributed by atoms with E-state index in [0.29, 0.717) is 11.3 Å². The Kier molecular flexibility index (Phi) is 4.04. The first-order chi connectivity index (χ1) is 5.11. The Morgan fingerprint density at radius 3 is 2.17 bits per heavy atom. The summed E-state index contributed by atoms with van der Waals surface area (Å²) >= 11 is 0.694. The number of carboxylic acid groups (broad SMARTS) is 2. The maximum atomic E-state index is 10.2. The third kappa shape index (κ3) is 2.38. The van der Waals surface area contributed by atoms with Crippen LogP contribution in [0.4, 0.5) is 0 Å². The molecule has 0 aliphatic rings. The SMILES string of the molecule is O=C(O)c1[c]cc(C(=O)O)s1.[LiH]. The molecule has 12 heavy (non-hydrogen) atoms. The predicted octanol–water partition coefficient (Wildman–Crippen LogP) is 0.296. The maximum absolute atomic E-state index is 10.2. The monoisotopic (exact) mass is 179 g/mol. The molecule has 0 fully saturated rings. The molecule has 0 atom stereocenters. The van der Waals surface area contributed by atoms with E-state index in [9.17, 15) is 9.59 Å². The van der Waals surface area contributed by atoms with Gasteiger partial charge in [-0.25, -0.2) is 9.59 Å². The number of thiophene rings is 1. The zero-order chi connectivity index (χ0) is 8.43. The van der Waals surface area contributed by atoms with Gasteiger partial charge in [0, 0.05) is 6.07 Å². The third-order valence-electron chi connectivity index (χ3n) is 0.951. The zero-order valence-electron chi connectivity index (χ0n) is 5.20. The summed E-state index contributed by atoms with van der Waals surface area (Å²) in [6.45, 7) is 0. The van der Waals surface area contributed by atoms with Gasteiger partial charge in [0.25, 0.3) is 0 Å². The molecule has 0 spiro atoms. The minimum absolute atomic E-state index is 0. The van der Waals surface area contributed by atoms with Gasteiger partial charge in [-0.3, -0.25) is 0 Å². The first-order valence-electron chi connectivity index (χ1n) is 2.59. The average molecular weight is 179 g/mol. The number of carbonyl (C=O) groups is 2. The van der Waals surface area contributed by atoms with Crippen LogP contribution in [-0.4, -0.2) is 41.0 Å². The first-order valence-corrected chi connectivity index (χ1v) is 3.41. The number of aromatic carboxylic acids is 2. The Morgan fingerprint density at radius 2 is 1.92 bits per heavy atom. The van der Waals surface area contributed by atoms with E-state index in [1.54, 1.807) is 0 Å². The Morgan fingerprint density at radius 1 is 1.33 bits per heavy atom. The van der Waals surface area contributed by atoms with Gasteiger partial charge in [-0.2, -0.15) is 0 Å². The van der Waals surface area contributed by atoms with Gasteiger partial charge >= 0.3 is 30.8 Å². The van der Waals surface area contributed by atoms with Crippen LogP contribution >= 0.6 is 11.3 Å². The van der Waals surface area contributed by atoms with E-state index < -0.39 is 11.9 Å².